The Labute approximate surface area is 103 Å². The highest BCUT2D eigenvalue weighted by atomic mass is 16.5. The third kappa shape index (κ3) is 2.24. The van der Waals surface area contributed by atoms with Crippen molar-refractivity contribution in [3.05, 3.63) is 29.8 Å². The van der Waals surface area contributed by atoms with E-state index in [1.54, 1.807) is 6.92 Å². The Bertz CT molecular complexity index is 601. The summed E-state index contributed by atoms with van der Waals surface area (Å²) < 4.78 is 4.95. The maximum atomic E-state index is 11.0. The van der Waals surface area contributed by atoms with E-state index in [2.05, 4.69) is 19.9 Å². The number of carboxylic acids is 1. The minimum Gasteiger partial charge on any atom is -0.481 e. The van der Waals surface area contributed by atoms with E-state index < -0.39 is 5.97 Å². The molecular formula is C11H10N4O3. The fraction of sp³-hybridized carbons (Fsp3) is 0.182. The van der Waals surface area contributed by atoms with E-state index in [4.69, 9.17) is 9.84 Å². The maximum Gasteiger partial charge on any atom is 0.354 e. The lowest BCUT2D eigenvalue weighted by Gasteiger charge is -2.04. The Morgan fingerprint density at radius 2 is 2.11 bits per heavy atom. The van der Waals surface area contributed by atoms with Crippen molar-refractivity contribution in [1.29, 1.82) is 0 Å². The summed E-state index contributed by atoms with van der Waals surface area (Å²) in [5, 5.41) is 8.99. The van der Waals surface area contributed by atoms with Gasteiger partial charge in [0.25, 0.3) is 0 Å². The van der Waals surface area contributed by atoms with E-state index in [0.717, 1.165) is 0 Å². The van der Waals surface area contributed by atoms with Crippen LogP contribution in [0.2, 0.25) is 0 Å². The molecule has 2 heterocycles. The molecule has 0 radical (unpaired) electrons. The van der Waals surface area contributed by atoms with Gasteiger partial charge in [-0.2, -0.15) is 0 Å². The highest BCUT2D eigenvalue weighted by molar-refractivity contribution is 5.87. The van der Waals surface area contributed by atoms with Crippen molar-refractivity contribution in [3.8, 4) is 17.4 Å². The fourth-order valence-electron chi connectivity index (χ4n) is 1.36. The van der Waals surface area contributed by atoms with E-state index in [-0.39, 0.29) is 11.5 Å². The van der Waals surface area contributed by atoms with E-state index >= 15 is 0 Å². The average Bonchev–Trinajstić information content (AvgIpc) is 2.39. The van der Waals surface area contributed by atoms with Crippen LogP contribution in [0.5, 0.6) is 5.88 Å². The topological polar surface area (TPSA) is 98.1 Å². The molecule has 2 aromatic rings. The fourth-order valence-corrected chi connectivity index (χ4v) is 1.36. The molecule has 2 rings (SSSR count). The molecule has 0 saturated carbocycles. The quantitative estimate of drug-likeness (QED) is 0.860. The van der Waals surface area contributed by atoms with Crippen LogP contribution >= 0.6 is 0 Å². The van der Waals surface area contributed by atoms with Gasteiger partial charge in [-0.15, -0.1) is 0 Å². The molecule has 0 saturated heterocycles. The maximum absolute atomic E-state index is 11.0. The van der Waals surface area contributed by atoms with Crippen LogP contribution in [0.3, 0.4) is 0 Å². The molecule has 1 N–H and O–H groups in total. The first-order valence-corrected chi connectivity index (χ1v) is 5.05. The Morgan fingerprint density at radius 3 is 2.78 bits per heavy atom. The smallest absolute Gasteiger partial charge is 0.354 e. The second kappa shape index (κ2) is 4.74. The standard InChI is InChI=1S/C11H10N4O3/c1-6-4-12-10(15-9(6)11(16)17)7-3-8(18-2)14-5-13-7/h3-5H,1-2H3,(H,16,17). The first-order chi connectivity index (χ1) is 8.61. The summed E-state index contributed by atoms with van der Waals surface area (Å²) in [6, 6.07) is 1.54. The molecule has 0 aliphatic carbocycles. The summed E-state index contributed by atoms with van der Waals surface area (Å²) in [5.74, 6) is -0.517. The molecule has 2 aromatic heterocycles. The van der Waals surface area contributed by atoms with Crippen molar-refractivity contribution in [3.63, 3.8) is 0 Å². The average molecular weight is 246 g/mol. The molecule has 0 atom stereocenters. The number of aromatic carboxylic acids is 1. The van der Waals surface area contributed by atoms with E-state index in [9.17, 15) is 4.79 Å². The zero-order valence-electron chi connectivity index (χ0n) is 9.78. The van der Waals surface area contributed by atoms with Crippen LogP contribution in [0.25, 0.3) is 11.5 Å². The predicted octanol–water partition coefficient (Wildman–Crippen LogP) is 0.949. The Balaban J connectivity index is 2.50. The summed E-state index contributed by atoms with van der Waals surface area (Å²) in [4.78, 5) is 26.8. The van der Waals surface area contributed by atoms with Gasteiger partial charge in [0.15, 0.2) is 11.5 Å². The SMILES string of the molecule is COc1cc(-c2ncc(C)c(C(=O)O)n2)ncn1. The van der Waals surface area contributed by atoms with Crippen LogP contribution in [0.15, 0.2) is 18.6 Å². The lowest BCUT2D eigenvalue weighted by molar-refractivity contribution is 0.0689. The van der Waals surface area contributed by atoms with Crippen molar-refractivity contribution < 1.29 is 14.6 Å². The second-order valence-electron chi connectivity index (χ2n) is 3.48. The Kier molecular flexibility index (Phi) is 3.13. The molecular weight excluding hydrogens is 236 g/mol. The molecule has 18 heavy (non-hydrogen) atoms. The molecule has 0 unspecified atom stereocenters. The van der Waals surface area contributed by atoms with Crippen molar-refractivity contribution in [1.82, 2.24) is 19.9 Å². The van der Waals surface area contributed by atoms with Crippen LogP contribution < -0.4 is 4.74 Å². The number of carboxylic acid groups (broad SMARTS) is 1. The number of hydrogen-bond acceptors (Lipinski definition) is 6. The lowest BCUT2D eigenvalue weighted by Crippen LogP contribution is -2.06. The second-order valence-corrected chi connectivity index (χ2v) is 3.48. The third-order valence-electron chi connectivity index (χ3n) is 2.25. The molecule has 92 valence electrons. The lowest BCUT2D eigenvalue weighted by atomic mass is 10.2. The molecule has 0 aliphatic rings. The summed E-state index contributed by atoms with van der Waals surface area (Å²) in [7, 11) is 1.48. The summed E-state index contributed by atoms with van der Waals surface area (Å²) >= 11 is 0. The third-order valence-corrected chi connectivity index (χ3v) is 2.25. The number of nitrogens with zero attached hydrogens (tertiary/aromatic N) is 4. The van der Waals surface area contributed by atoms with E-state index in [1.165, 1.54) is 25.7 Å². The number of carbonyl (C=O) groups is 1. The van der Waals surface area contributed by atoms with Crippen molar-refractivity contribution in [2.45, 2.75) is 6.92 Å². The van der Waals surface area contributed by atoms with E-state index in [1.807, 2.05) is 0 Å². The van der Waals surface area contributed by atoms with Crippen LogP contribution in [-0.2, 0) is 0 Å². The van der Waals surface area contributed by atoms with Gasteiger partial charge in [-0.25, -0.2) is 24.7 Å². The molecule has 7 heteroatoms. The summed E-state index contributed by atoms with van der Waals surface area (Å²) in [5.41, 5.74) is 0.856. The van der Waals surface area contributed by atoms with Crippen molar-refractivity contribution in [2.24, 2.45) is 0 Å². The van der Waals surface area contributed by atoms with Gasteiger partial charge in [0, 0.05) is 17.8 Å². The molecule has 0 aliphatic heterocycles. The number of rotatable bonds is 3. The molecule has 0 spiro atoms. The molecule has 7 nitrogen and oxygen atoms in total. The highest BCUT2D eigenvalue weighted by Gasteiger charge is 2.13. The first kappa shape index (κ1) is 11.9. The van der Waals surface area contributed by atoms with Gasteiger partial charge in [0.05, 0.1) is 7.11 Å². The van der Waals surface area contributed by atoms with Crippen LogP contribution in [-0.4, -0.2) is 38.1 Å². The van der Waals surface area contributed by atoms with Gasteiger partial charge in [0.1, 0.15) is 12.0 Å². The molecule has 0 amide bonds. The van der Waals surface area contributed by atoms with Gasteiger partial charge >= 0.3 is 5.97 Å². The minimum atomic E-state index is -1.10. The summed E-state index contributed by atoms with van der Waals surface area (Å²) in [6.45, 7) is 1.63. The molecule has 0 aromatic carbocycles. The normalized spacial score (nSPS) is 10.1. The summed E-state index contributed by atoms with van der Waals surface area (Å²) in [6.07, 6.45) is 2.75. The highest BCUT2D eigenvalue weighted by Crippen LogP contribution is 2.16. The minimum absolute atomic E-state index is 0.0439. The van der Waals surface area contributed by atoms with Gasteiger partial charge in [-0.1, -0.05) is 0 Å². The largest absolute Gasteiger partial charge is 0.481 e. The molecule has 0 bridgehead atoms. The Morgan fingerprint density at radius 1 is 1.33 bits per heavy atom. The Hall–Kier alpha value is -2.57. The van der Waals surface area contributed by atoms with Gasteiger partial charge in [0.2, 0.25) is 5.88 Å². The number of ether oxygens (including phenoxy) is 1. The van der Waals surface area contributed by atoms with Gasteiger partial charge in [-0.05, 0) is 6.92 Å². The number of aryl methyl sites for hydroxylation is 1. The number of aromatic nitrogens is 4. The first-order valence-electron chi connectivity index (χ1n) is 5.05. The van der Waals surface area contributed by atoms with Crippen molar-refractivity contribution in [2.75, 3.05) is 7.11 Å². The van der Waals surface area contributed by atoms with Crippen LogP contribution in [0, 0.1) is 6.92 Å². The van der Waals surface area contributed by atoms with Gasteiger partial charge in [-0.3, -0.25) is 0 Å². The van der Waals surface area contributed by atoms with Gasteiger partial charge < -0.3 is 9.84 Å². The zero-order chi connectivity index (χ0) is 13.1. The number of hydrogen-bond donors (Lipinski definition) is 1. The zero-order valence-corrected chi connectivity index (χ0v) is 9.78. The monoisotopic (exact) mass is 246 g/mol. The van der Waals surface area contributed by atoms with Crippen molar-refractivity contribution >= 4 is 5.97 Å². The number of methoxy groups -OCH3 is 1. The van der Waals surface area contributed by atoms with Crippen LogP contribution in [0.1, 0.15) is 16.1 Å². The van der Waals surface area contributed by atoms with E-state index in [0.29, 0.717) is 17.1 Å². The molecule has 0 fully saturated rings. The van der Waals surface area contributed by atoms with Crippen LogP contribution in [0.4, 0.5) is 0 Å². The predicted molar refractivity (Wildman–Crippen MR) is 61.3 cm³/mol.